The molecule has 5 nitrogen and oxygen atoms in total. The molecule has 0 aliphatic carbocycles. The minimum atomic E-state index is -0.495. The molecule has 0 aliphatic rings. The highest BCUT2D eigenvalue weighted by atomic mass is 35.5. The Morgan fingerprint density at radius 1 is 1.44 bits per heavy atom. The van der Waals surface area contributed by atoms with E-state index in [0.717, 1.165) is 0 Å². The first kappa shape index (κ1) is 12.8. The van der Waals surface area contributed by atoms with Crippen molar-refractivity contribution in [3.63, 3.8) is 0 Å². The van der Waals surface area contributed by atoms with E-state index in [9.17, 15) is 9.59 Å². The summed E-state index contributed by atoms with van der Waals surface area (Å²) in [6, 6.07) is 1.51. The lowest BCUT2D eigenvalue weighted by atomic mass is 9.89. The Morgan fingerprint density at radius 2 is 2.11 bits per heavy atom. The average molecular weight is 268 g/mol. The molecule has 0 N–H and O–H groups in total. The summed E-state index contributed by atoms with van der Waals surface area (Å²) in [5.41, 5.74) is -0.546. The third kappa shape index (κ3) is 1.95. The Morgan fingerprint density at radius 3 is 2.72 bits per heavy atom. The molecule has 6 heteroatoms. The van der Waals surface area contributed by atoms with Crippen molar-refractivity contribution in [3.05, 3.63) is 34.1 Å². The van der Waals surface area contributed by atoms with E-state index in [0.29, 0.717) is 12.1 Å². The Balaban J connectivity index is 2.67. The number of halogens is 1. The first-order valence-corrected chi connectivity index (χ1v) is 6.05. The normalized spacial score (nSPS) is 12.0. The predicted molar refractivity (Wildman–Crippen MR) is 69.2 cm³/mol. The lowest BCUT2D eigenvalue weighted by Crippen LogP contribution is -2.29. The molecular weight excluding hydrogens is 254 g/mol. The number of imidazole rings is 1. The second kappa shape index (κ2) is 4.24. The summed E-state index contributed by atoms with van der Waals surface area (Å²) >= 11 is 5.76. The molecular formula is C12H14ClN3O2. The lowest BCUT2D eigenvalue weighted by molar-refractivity contribution is 0.0745. The van der Waals surface area contributed by atoms with Gasteiger partial charge in [-0.3, -0.25) is 13.8 Å². The maximum atomic E-state index is 12.4. The molecule has 0 amide bonds. The number of hydrogen-bond acceptors (Lipinski definition) is 3. The van der Waals surface area contributed by atoms with Gasteiger partial charge >= 0.3 is 5.69 Å². The van der Waals surface area contributed by atoms with Gasteiger partial charge in [0.1, 0.15) is 10.8 Å². The highest BCUT2D eigenvalue weighted by Crippen LogP contribution is 2.23. The topological polar surface area (TPSA) is 56.4 Å². The molecule has 2 heterocycles. The number of carbonyl (C=O) groups excluding carboxylic acids is 1. The fourth-order valence-corrected chi connectivity index (χ4v) is 1.81. The molecule has 0 atom stereocenters. The van der Waals surface area contributed by atoms with Gasteiger partial charge in [0.2, 0.25) is 5.91 Å². The van der Waals surface area contributed by atoms with Crippen LogP contribution in [0.1, 0.15) is 32.0 Å². The molecule has 0 radical (unpaired) electrons. The van der Waals surface area contributed by atoms with Crippen molar-refractivity contribution in [3.8, 4) is 0 Å². The second-order valence-corrected chi connectivity index (χ2v) is 5.19. The SMILES string of the molecule is CCC(C)(C)C(=O)n1ccn2c(=O)nc(Cl)cc12. The fourth-order valence-electron chi connectivity index (χ4n) is 1.64. The van der Waals surface area contributed by atoms with Crippen LogP contribution in [0.3, 0.4) is 0 Å². The molecule has 2 aromatic rings. The van der Waals surface area contributed by atoms with E-state index in [2.05, 4.69) is 4.98 Å². The number of fused-ring (bicyclic) bond motifs is 1. The van der Waals surface area contributed by atoms with Crippen LogP contribution in [0, 0.1) is 5.41 Å². The number of hydrogen-bond donors (Lipinski definition) is 0. The number of rotatable bonds is 2. The van der Waals surface area contributed by atoms with Gasteiger partial charge in [-0.2, -0.15) is 4.98 Å². The van der Waals surface area contributed by atoms with Crippen LogP contribution in [0.2, 0.25) is 5.15 Å². The van der Waals surface area contributed by atoms with Crippen molar-refractivity contribution in [2.45, 2.75) is 27.2 Å². The zero-order valence-electron chi connectivity index (χ0n) is 10.5. The van der Waals surface area contributed by atoms with Crippen LogP contribution in [-0.2, 0) is 0 Å². The van der Waals surface area contributed by atoms with Gasteiger partial charge in [0, 0.05) is 23.9 Å². The number of aromatic nitrogens is 3. The first-order valence-electron chi connectivity index (χ1n) is 5.68. The van der Waals surface area contributed by atoms with Crippen molar-refractivity contribution in [2.75, 3.05) is 0 Å². The minimum absolute atomic E-state index is 0.0748. The van der Waals surface area contributed by atoms with Crippen molar-refractivity contribution in [1.29, 1.82) is 0 Å². The van der Waals surface area contributed by atoms with Gasteiger partial charge in [-0.1, -0.05) is 32.4 Å². The van der Waals surface area contributed by atoms with E-state index >= 15 is 0 Å². The van der Waals surface area contributed by atoms with E-state index in [1.807, 2.05) is 20.8 Å². The van der Waals surface area contributed by atoms with E-state index in [-0.39, 0.29) is 11.1 Å². The Kier molecular flexibility index (Phi) is 3.02. The zero-order chi connectivity index (χ0) is 13.5. The molecule has 18 heavy (non-hydrogen) atoms. The van der Waals surface area contributed by atoms with Crippen LogP contribution < -0.4 is 5.69 Å². The van der Waals surface area contributed by atoms with Crippen molar-refractivity contribution in [2.24, 2.45) is 5.41 Å². The molecule has 0 fully saturated rings. The van der Waals surface area contributed by atoms with E-state index in [1.165, 1.54) is 21.2 Å². The summed E-state index contributed by atoms with van der Waals surface area (Å²) in [6.07, 6.45) is 3.79. The Hall–Kier alpha value is -1.62. The van der Waals surface area contributed by atoms with E-state index in [1.54, 1.807) is 6.20 Å². The quantitative estimate of drug-likeness (QED) is 0.784. The molecule has 96 valence electrons. The summed E-state index contributed by atoms with van der Waals surface area (Å²) in [6.45, 7) is 5.68. The molecule has 0 unspecified atom stereocenters. The largest absolute Gasteiger partial charge is 0.354 e. The minimum Gasteiger partial charge on any atom is -0.273 e. The summed E-state index contributed by atoms with van der Waals surface area (Å²) in [5.74, 6) is -0.0748. The van der Waals surface area contributed by atoms with Crippen LogP contribution >= 0.6 is 11.6 Å². The van der Waals surface area contributed by atoms with E-state index < -0.39 is 11.1 Å². The van der Waals surface area contributed by atoms with Crippen LogP contribution in [0.5, 0.6) is 0 Å². The summed E-state index contributed by atoms with van der Waals surface area (Å²) in [7, 11) is 0. The third-order valence-corrected chi connectivity index (χ3v) is 3.39. The molecule has 0 bridgehead atoms. The Bertz CT molecular complexity index is 670. The molecule has 0 saturated carbocycles. The first-order chi connectivity index (χ1) is 8.36. The highest BCUT2D eigenvalue weighted by Gasteiger charge is 2.27. The van der Waals surface area contributed by atoms with Gasteiger partial charge in [-0.05, 0) is 6.42 Å². The molecule has 0 aliphatic heterocycles. The van der Waals surface area contributed by atoms with Gasteiger partial charge < -0.3 is 0 Å². The molecule has 0 saturated heterocycles. The number of nitrogens with zero attached hydrogens (tertiary/aromatic N) is 3. The van der Waals surface area contributed by atoms with Gasteiger partial charge in [-0.25, -0.2) is 4.79 Å². The fraction of sp³-hybridized carbons (Fsp3) is 0.417. The van der Waals surface area contributed by atoms with Crippen LogP contribution in [0.25, 0.3) is 5.65 Å². The smallest absolute Gasteiger partial charge is 0.273 e. The second-order valence-electron chi connectivity index (χ2n) is 4.80. The maximum absolute atomic E-state index is 12.4. The highest BCUT2D eigenvalue weighted by molar-refractivity contribution is 6.29. The summed E-state index contributed by atoms with van der Waals surface area (Å²) in [5, 5.41) is 0.0852. The van der Waals surface area contributed by atoms with Gasteiger partial charge in [0.15, 0.2) is 0 Å². The maximum Gasteiger partial charge on any atom is 0.354 e. The predicted octanol–water partition coefficient (Wildman–Crippen LogP) is 2.23. The molecule has 2 aromatic heterocycles. The number of carbonyl (C=O) groups is 1. The van der Waals surface area contributed by atoms with Crippen LogP contribution in [-0.4, -0.2) is 19.9 Å². The summed E-state index contributed by atoms with van der Waals surface area (Å²) < 4.78 is 2.74. The average Bonchev–Trinajstić information content (AvgIpc) is 2.71. The zero-order valence-corrected chi connectivity index (χ0v) is 11.2. The Labute approximate surface area is 109 Å². The monoisotopic (exact) mass is 267 g/mol. The lowest BCUT2D eigenvalue weighted by Gasteiger charge is -2.21. The van der Waals surface area contributed by atoms with Gasteiger partial charge in [0.25, 0.3) is 0 Å². The summed E-state index contributed by atoms with van der Waals surface area (Å²) in [4.78, 5) is 27.6. The van der Waals surface area contributed by atoms with E-state index in [4.69, 9.17) is 11.6 Å². The standard InChI is InChI=1S/C12H14ClN3O2/c1-4-12(2,3)10(17)15-5-6-16-9(15)7-8(13)14-11(16)18/h5-7H,4H2,1-3H3. The van der Waals surface area contributed by atoms with Crippen LogP contribution in [0.4, 0.5) is 0 Å². The van der Waals surface area contributed by atoms with Gasteiger partial charge in [0.05, 0.1) is 0 Å². The molecule has 2 rings (SSSR count). The molecule has 0 spiro atoms. The van der Waals surface area contributed by atoms with Gasteiger partial charge in [-0.15, -0.1) is 0 Å². The molecule has 0 aromatic carbocycles. The third-order valence-electron chi connectivity index (χ3n) is 3.20. The van der Waals surface area contributed by atoms with Crippen molar-refractivity contribution in [1.82, 2.24) is 14.0 Å². The van der Waals surface area contributed by atoms with Crippen molar-refractivity contribution >= 4 is 23.2 Å². The van der Waals surface area contributed by atoms with Crippen molar-refractivity contribution < 1.29 is 4.79 Å². The van der Waals surface area contributed by atoms with Crippen LogP contribution in [0.15, 0.2) is 23.3 Å².